The molecule has 0 aliphatic carbocycles. The Morgan fingerprint density at radius 2 is 1.61 bits per heavy atom. The predicted molar refractivity (Wildman–Crippen MR) is 125 cm³/mol. The molecular weight excluding hydrogens is 390 g/mol. The molecule has 0 unspecified atom stereocenters. The average molecular weight is 419 g/mol. The monoisotopic (exact) mass is 418 g/mol. The zero-order chi connectivity index (χ0) is 21.8. The molecule has 0 saturated carbocycles. The lowest BCUT2D eigenvalue weighted by Crippen LogP contribution is -2.19. The maximum absolute atomic E-state index is 15.6. The number of benzene rings is 3. The van der Waals surface area contributed by atoms with E-state index in [1.165, 1.54) is 5.56 Å². The summed E-state index contributed by atoms with van der Waals surface area (Å²) >= 11 is 0. The molecule has 0 atom stereocenters. The molecule has 0 radical (unpaired) electrons. The number of halogens is 2. The molecule has 1 heterocycles. The molecular formula is C27H28F2N2. The Morgan fingerprint density at radius 1 is 0.871 bits per heavy atom. The molecule has 31 heavy (non-hydrogen) atoms. The predicted octanol–water partition coefficient (Wildman–Crippen LogP) is 6.21. The zero-order valence-electron chi connectivity index (χ0n) is 18.1. The van der Waals surface area contributed by atoms with Gasteiger partial charge in [-0.25, -0.2) is 8.78 Å². The van der Waals surface area contributed by atoms with Crippen molar-refractivity contribution in [1.82, 2.24) is 9.88 Å². The largest absolute Gasteiger partial charge is 0.334 e. The third kappa shape index (κ3) is 4.54. The Kier molecular flexibility index (Phi) is 6.47. The van der Waals surface area contributed by atoms with Gasteiger partial charge in [-0.15, -0.1) is 0 Å². The van der Waals surface area contributed by atoms with Crippen molar-refractivity contribution in [3.8, 4) is 11.3 Å². The van der Waals surface area contributed by atoms with Crippen molar-refractivity contribution in [2.45, 2.75) is 26.8 Å². The Bertz CT molecular complexity index is 1180. The fraction of sp³-hybridized carbons (Fsp3) is 0.259. The first-order valence-corrected chi connectivity index (χ1v) is 10.8. The van der Waals surface area contributed by atoms with Crippen LogP contribution in [0.3, 0.4) is 0 Å². The van der Waals surface area contributed by atoms with E-state index in [2.05, 4.69) is 34.1 Å². The van der Waals surface area contributed by atoms with Crippen LogP contribution in [-0.2, 0) is 13.0 Å². The number of aromatic nitrogens is 1. The maximum Gasteiger partial charge on any atom is 0.156 e. The molecule has 160 valence electrons. The lowest BCUT2D eigenvalue weighted by Gasteiger charge is -2.13. The van der Waals surface area contributed by atoms with E-state index in [1.54, 1.807) is 0 Å². The van der Waals surface area contributed by atoms with Crippen LogP contribution in [0.4, 0.5) is 8.78 Å². The Hall–Kier alpha value is -2.98. The van der Waals surface area contributed by atoms with Crippen LogP contribution in [0.2, 0.25) is 0 Å². The maximum atomic E-state index is 15.6. The highest BCUT2D eigenvalue weighted by atomic mass is 19.1. The molecule has 0 aliphatic rings. The van der Waals surface area contributed by atoms with Crippen molar-refractivity contribution in [3.63, 3.8) is 0 Å². The van der Waals surface area contributed by atoms with Gasteiger partial charge in [0.2, 0.25) is 0 Å². The first-order valence-electron chi connectivity index (χ1n) is 10.8. The van der Waals surface area contributed by atoms with E-state index in [4.69, 9.17) is 0 Å². The molecule has 0 bridgehead atoms. The third-order valence-corrected chi connectivity index (χ3v) is 5.78. The van der Waals surface area contributed by atoms with Gasteiger partial charge in [-0.05, 0) is 55.6 Å². The summed E-state index contributed by atoms with van der Waals surface area (Å²) in [5, 5.41) is 3.74. The molecule has 3 aromatic carbocycles. The normalized spacial score (nSPS) is 11.4. The summed E-state index contributed by atoms with van der Waals surface area (Å²) in [5.74, 6) is -0.163. The molecule has 2 nitrogen and oxygen atoms in total. The quantitative estimate of drug-likeness (QED) is 0.336. The van der Waals surface area contributed by atoms with Crippen molar-refractivity contribution in [2.75, 3.05) is 19.8 Å². The topological polar surface area (TPSA) is 17.0 Å². The molecule has 0 amide bonds. The molecule has 0 aliphatic heterocycles. The van der Waals surface area contributed by atoms with Gasteiger partial charge in [-0.1, -0.05) is 60.2 Å². The van der Waals surface area contributed by atoms with Crippen LogP contribution in [-0.4, -0.2) is 24.3 Å². The second kappa shape index (κ2) is 9.44. The Balaban J connectivity index is 1.70. The summed E-state index contributed by atoms with van der Waals surface area (Å²) in [6.45, 7) is 5.41. The van der Waals surface area contributed by atoms with E-state index in [0.717, 1.165) is 40.7 Å². The average Bonchev–Trinajstić information content (AvgIpc) is 3.03. The summed E-state index contributed by atoms with van der Waals surface area (Å²) in [6, 6.07) is 22.3. The highest BCUT2D eigenvalue weighted by Crippen LogP contribution is 2.35. The van der Waals surface area contributed by atoms with Gasteiger partial charge in [0.1, 0.15) is 6.67 Å². The fourth-order valence-electron chi connectivity index (χ4n) is 4.11. The third-order valence-electron chi connectivity index (χ3n) is 5.78. The Morgan fingerprint density at radius 3 is 2.35 bits per heavy atom. The standard InChI is InChI=1S/C27H28F2N2/c1-19-7-12-25-24(17-19)26(29)27(23-6-4-3-5-20(23)2)31(25)18-22-10-8-21(9-11-22)13-15-30-16-14-28/h3-12,17,30H,13-16,18H2,1-2H3. The first-order chi connectivity index (χ1) is 15.1. The smallest absolute Gasteiger partial charge is 0.156 e. The second-order valence-corrected chi connectivity index (χ2v) is 8.09. The van der Waals surface area contributed by atoms with Gasteiger partial charge in [-0.2, -0.15) is 0 Å². The number of nitrogens with zero attached hydrogens (tertiary/aromatic N) is 1. The summed E-state index contributed by atoms with van der Waals surface area (Å²) in [7, 11) is 0. The lowest BCUT2D eigenvalue weighted by molar-refractivity contribution is 0.468. The summed E-state index contributed by atoms with van der Waals surface area (Å²) < 4.78 is 29.9. The molecule has 4 rings (SSSR count). The Labute approximate surface area is 182 Å². The van der Waals surface area contributed by atoms with E-state index < -0.39 is 0 Å². The van der Waals surface area contributed by atoms with Gasteiger partial charge in [0.15, 0.2) is 5.82 Å². The molecule has 0 spiro atoms. The lowest BCUT2D eigenvalue weighted by atomic mass is 10.0. The van der Waals surface area contributed by atoms with Crippen LogP contribution in [0.1, 0.15) is 22.3 Å². The SMILES string of the molecule is Cc1ccc2c(c1)c(F)c(-c1ccccc1C)n2Cc1ccc(CCNCCF)cc1. The highest BCUT2D eigenvalue weighted by molar-refractivity contribution is 5.89. The van der Waals surface area contributed by atoms with Crippen LogP contribution in [0.5, 0.6) is 0 Å². The number of hydrogen-bond donors (Lipinski definition) is 1. The summed E-state index contributed by atoms with van der Waals surface area (Å²) in [4.78, 5) is 0. The van der Waals surface area contributed by atoms with Gasteiger partial charge in [0.25, 0.3) is 0 Å². The van der Waals surface area contributed by atoms with Crippen molar-refractivity contribution >= 4 is 10.9 Å². The van der Waals surface area contributed by atoms with E-state index in [1.807, 2.05) is 56.3 Å². The molecule has 4 aromatic rings. The van der Waals surface area contributed by atoms with Gasteiger partial charge < -0.3 is 9.88 Å². The van der Waals surface area contributed by atoms with E-state index in [-0.39, 0.29) is 12.5 Å². The van der Waals surface area contributed by atoms with Crippen molar-refractivity contribution < 1.29 is 8.78 Å². The number of fused-ring (bicyclic) bond motifs is 1. The van der Waals surface area contributed by atoms with Gasteiger partial charge in [-0.3, -0.25) is 0 Å². The van der Waals surface area contributed by atoms with Crippen LogP contribution in [0.15, 0.2) is 66.7 Å². The van der Waals surface area contributed by atoms with Gasteiger partial charge in [0.05, 0.1) is 11.2 Å². The van der Waals surface area contributed by atoms with Gasteiger partial charge >= 0.3 is 0 Å². The number of nitrogens with one attached hydrogen (secondary N) is 1. The minimum Gasteiger partial charge on any atom is -0.334 e. The number of aryl methyl sites for hydroxylation is 2. The molecule has 1 aromatic heterocycles. The van der Waals surface area contributed by atoms with Crippen molar-refractivity contribution in [2.24, 2.45) is 0 Å². The summed E-state index contributed by atoms with van der Waals surface area (Å²) in [6.07, 6.45) is 0.856. The van der Waals surface area contributed by atoms with Crippen molar-refractivity contribution in [3.05, 3.63) is 94.8 Å². The summed E-state index contributed by atoms with van der Waals surface area (Å²) in [5.41, 5.74) is 6.88. The highest BCUT2D eigenvalue weighted by Gasteiger charge is 2.20. The molecule has 4 heteroatoms. The number of alkyl halides is 1. The van der Waals surface area contributed by atoms with E-state index in [9.17, 15) is 4.39 Å². The molecule has 0 fully saturated rings. The van der Waals surface area contributed by atoms with Crippen LogP contribution >= 0.6 is 0 Å². The number of hydrogen-bond acceptors (Lipinski definition) is 1. The number of rotatable bonds is 8. The van der Waals surface area contributed by atoms with Gasteiger partial charge in [0, 0.05) is 24.0 Å². The fourth-order valence-corrected chi connectivity index (χ4v) is 4.11. The van der Waals surface area contributed by atoms with Crippen LogP contribution in [0.25, 0.3) is 22.2 Å². The molecule has 0 saturated heterocycles. The minimum absolute atomic E-state index is 0.163. The van der Waals surface area contributed by atoms with Crippen LogP contribution in [0, 0.1) is 19.7 Å². The first kappa shape index (κ1) is 21.3. The van der Waals surface area contributed by atoms with Crippen LogP contribution < -0.4 is 5.32 Å². The minimum atomic E-state index is -0.344. The molecule has 1 N–H and O–H groups in total. The van der Waals surface area contributed by atoms with E-state index >= 15 is 4.39 Å². The van der Waals surface area contributed by atoms with E-state index in [0.29, 0.717) is 24.2 Å². The van der Waals surface area contributed by atoms with Crippen molar-refractivity contribution in [1.29, 1.82) is 0 Å². The second-order valence-electron chi connectivity index (χ2n) is 8.09. The zero-order valence-corrected chi connectivity index (χ0v) is 18.1.